The van der Waals surface area contributed by atoms with E-state index < -0.39 is 0 Å². The third kappa shape index (κ3) is 3.52. The van der Waals surface area contributed by atoms with Crippen LogP contribution in [0.15, 0.2) is 42.5 Å². The third-order valence-electron chi connectivity index (χ3n) is 2.88. The lowest BCUT2D eigenvalue weighted by Gasteiger charge is -2.09. The highest BCUT2D eigenvalue weighted by atomic mass is 35.5. The van der Waals surface area contributed by atoms with Gasteiger partial charge in [-0.3, -0.25) is 4.79 Å². The Labute approximate surface area is 123 Å². The van der Waals surface area contributed by atoms with E-state index >= 15 is 0 Å². The first-order valence-corrected chi connectivity index (χ1v) is 6.78. The number of nitrogens with one attached hydrogen (secondary N) is 1. The quantitative estimate of drug-likeness (QED) is 0.911. The van der Waals surface area contributed by atoms with Gasteiger partial charge in [-0.25, -0.2) is 0 Å². The first kappa shape index (κ1) is 14.4. The SMILES string of the molecule is CCOc1ccc(C(=O)Nc2cc(Cl)ccc2C)cc1. The smallest absolute Gasteiger partial charge is 0.255 e. The average molecular weight is 290 g/mol. The standard InChI is InChI=1S/C16H16ClNO2/c1-3-20-14-8-5-12(6-9-14)16(19)18-15-10-13(17)7-4-11(15)2/h4-10H,3H2,1-2H3,(H,18,19). The van der Waals surface area contributed by atoms with E-state index in [9.17, 15) is 4.79 Å². The predicted molar refractivity (Wildman–Crippen MR) is 81.8 cm³/mol. The fourth-order valence-electron chi connectivity index (χ4n) is 1.79. The summed E-state index contributed by atoms with van der Waals surface area (Å²) in [6, 6.07) is 12.4. The number of aryl methyl sites for hydroxylation is 1. The van der Waals surface area contributed by atoms with Crippen molar-refractivity contribution < 1.29 is 9.53 Å². The number of carbonyl (C=O) groups excluding carboxylic acids is 1. The molecular formula is C16H16ClNO2. The lowest BCUT2D eigenvalue weighted by Crippen LogP contribution is -2.12. The number of anilines is 1. The topological polar surface area (TPSA) is 38.3 Å². The van der Waals surface area contributed by atoms with Crippen molar-refractivity contribution in [2.75, 3.05) is 11.9 Å². The number of rotatable bonds is 4. The van der Waals surface area contributed by atoms with Crippen molar-refractivity contribution in [1.82, 2.24) is 0 Å². The van der Waals surface area contributed by atoms with Gasteiger partial charge in [0.05, 0.1) is 6.61 Å². The van der Waals surface area contributed by atoms with Crippen molar-refractivity contribution >= 4 is 23.2 Å². The number of benzene rings is 2. The molecule has 20 heavy (non-hydrogen) atoms. The maximum Gasteiger partial charge on any atom is 0.255 e. The lowest BCUT2D eigenvalue weighted by molar-refractivity contribution is 0.102. The lowest BCUT2D eigenvalue weighted by atomic mass is 10.1. The number of ether oxygens (including phenoxy) is 1. The van der Waals surface area contributed by atoms with Gasteiger partial charge >= 0.3 is 0 Å². The Morgan fingerprint density at radius 3 is 2.55 bits per heavy atom. The minimum atomic E-state index is -0.168. The molecule has 3 nitrogen and oxygen atoms in total. The van der Waals surface area contributed by atoms with Crippen molar-refractivity contribution in [1.29, 1.82) is 0 Å². The van der Waals surface area contributed by atoms with Crippen LogP contribution in [0.1, 0.15) is 22.8 Å². The monoisotopic (exact) mass is 289 g/mol. The van der Waals surface area contributed by atoms with E-state index in [0.717, 1.165) is 17.0 Å². The first-order valence-electron chi connectivity index (χ1n) is 6.40. The molecule has 0 bridgehead atoms. The van der Waals surface area contributed by atoms with E-state index in [0.29, 0.717) is 17.2 Å². The van der Waals surface area contributed by atoms with E-state index in [1.54, 1.807) is 36.4 Å². The van der Waals surface area contributed by atoms with E-state index in [-0.39, 0.29) is 5.91 Å². The molecule has 1 amide bonds. The van der Waals surface area contributed by atoms with Gasteiger partial charge in [-0.05, 0) is 55.8 Å². The van der Waals surface area contributed by atoms with Gasteiger partial charge in [-0.15, -0.1) is 0 Å². The highest BCUT2D eigenvalue weighted by Crippen LogP contribution is 2.21. The Morgan fingerprint density at radius 2 is 1.90 bits per heavy atom. The van der Waals surface area contributed by atoms with Crippen LogP contribution in [-0.2, 0) is 0 Å². The molecule has 104 valence electrons. The van der Waals surface area contributed by atoms with Crippen molar-refractivity contribution in [2.45, 2.75) is 13.8 Å². The Kier molecular flexibility index (Phi) is 4.64. The summed E-state index contributed by atoms with van der Waals surface area (Å²) in [6.45, 7) is 4.44. The van der Waals surface area contributed by atoms with Crippen molar-refractivity contribution in [2.24, 2.45) is 0 Å². The molecule has 0 spiro atoms. The second-order valence-corrected chi connectivity index (χ2v) is 4.81. The van der Waals surface area contributed by atoms with Gasteiger partial charge in [0.1, 0.15) is 5.75 Å². The zero-order valence-corrected chi connectivity index (χ0v) is 12.2. The van der Waals surface area contributed by atoms with Crippen molar-refractivity contribution in [3.63, 3.8) is 0 Å². The van der Waals surface area contributed by atoms with Crippen LogP contribution in [-0.4, -0.2) is 12.5 Å². The van der Waals surface area contributed by atoms with E-state index in [1.165, 1.54) is 0 Å². The summed E-state index contributed by atoms with van der Waals surface area (Å²) in [6.07, 6.45) is 0. The third-order valence-corrected chi connectivity index (χ3v) is 3.11. The van der Waals surface area contributed by atoms with Crippen LogP contribution >= 0.6 is 11.6 Å². The maximum atomic E-state index is 12.2. The minimum Gasteiger partial charge on any atom is -0.494 e. The molecule has 0 radical (unpaired) electrons. The van der Waals surface area contributed by atoms with Crippen LogP contribution in [0, 0.1) is 6.92 Å². The first-order chi connectivity index (χ1) is 9.60. The van der Waals surface area contributed by atoms with Gasteiger partial charge in [0.25, 0.3) is 5.91 Å². The van der Waals surface area contributed by atoms with Gasteiger partial charge in [0.15, 0.2) is 0 Å². The molecule has 4 heteroatoms. The number of hydrogen-bond acceptors (Lipinski definition) is 2. The van der Waals surface area contributed by atoms with Crippen molar-refractivity contribution in [3.05, 3.63) is 58.6 Å². The van der Waals surface area contributed by atoms with Gasteiger partial charge in [-0.1, -0.05) is 17.7 Å². The molecule has 0 aliphatic carbocycles. The number of carbonyl (C=O) groups is 1. The van der Waals surface area contributed by atoms with Crippen LogP contribution in [0.3, 0.4) is 0 Å². The summed E-state index contributed by atoms with van der Waals surface area (Å²) in [5, 5.41) is 3.45. The molecule has 0 aliphatic heterocycles. The molecule has 0 aliphatic rings. The molecule has 0 saturated carbocycles. The highest BCUT2D eigenvalue weighted by molar-refractivity contribution is 6.31. The average Bonchev–Trinajstić information content (AvgIpc) is 2.44. The summed E-state index contributed by atoms with van der Waals surface area (Å²) in [5.74, 6) is 0.585. The van der Waals surface area contributed by atoms with Crippen LogP contribution < -0.4 is 10.1 Å². The summed E-state index contributed by atoms with van der Waals surface area (Å²) in [4.78, 5) is 12.2. The normalized spacial score (nSPS) is 10.2. The minimum absolute atomic E-state index is 0.168. The molecule has 0 saturated heterocycles. The van der Waals surface area contributed by atoms with Gasteiger partial charge in [0, 0.05) is 16.3 Å². The van der Waals surface area contributed by atoms with E-state index in [4.69, 9.17) is 16.3 Å². The molecule has 1 N–H and O–H groups in total. The van der Waals surface area contributed by atoms with Crippen molar-refractivity contribution in [3.8, 4) is 5.75 Å². The Morgan fingerprint density at radius 1 is 1.20 bits per heavy atom. The number of amides is 1. The Balaban J connectivity index is 2.13. The molecule has 0 atom stereocenters. The predicted octanol–water partition coefficient (Wildman–Crippen LogP) is 4.30. The van der Waals surface area contributed by atoms with Gasteiger partial charge < -0.3 is 10.1 Å². The fourth-order valence-corrected chi connectivity index (χ4v) is 1.96. The molecule has 2 aromatic rings. The Bertz CT molecular complexity index is 608. The van der Waals surface area contributed by atoms with Crippen LogP contribution in [0.2, 0.25) is 5.02 Å². The van der Waals surface area contributed by atoms with Crippen LogP contribution in [0.4, 0.5) is 5.69 Å². The van der Waals surface area contributed by atoms with Gasteiger partial charge in [-0.2, -0.15) is 0 Å². The summed E-state index contributed by atoms with van der Waals surface area (Å²) in [5.41, 5.74) is 2.26. The summed E-state index contributed by atoms with van der Waals surface area (Å²) < 4.78 is 5.34. The molecular weight excluding hydrogens is 274 g/mol. The van der Waals surface area contributed by atoms with Crippen LogP contribution in [0.5, 0.6) is 5.75 Å². The number of halogens is 1. The molecule has 2 rings (SSSR count). The fraction of sp³-hybridized carbons (Fsp3) is 0.188. The molecule has 0 aromatic heterocycles. The molecule has 2 aromatic carbocycles. The number of hydrogen-bond donors (Lipinski definition) is 1. The molecule has 0 unspecified atom stereocenters. The van der Waals surface area contributed by atoms with E-state index in [1.807, 2.05) is 19.9 Å². The second kappa shape index (κ2) is 6.44. The zero-order valence-electron chi connectivity index (χ0n) is 11.4. The molecule has 0 fully saturated rings. The Hall–Kier alpha value is -2.00. The molecule has 0 heterocycles. The van der Waals surface area contributed by atoms with Gasteiger partial charge in [0.2, 0.25) is 0 Å². The van der Waals surface area contributed by atoms with Crippen LogP contribution in [0.25, 0.3) is 0 Å². The second-order valence-electron chi connectivity index (χ2n) is 4.37. The van der Waals surface area contributed by atoms with E-state index in [2.05, 4.69) is 5.32 Å². The highest BCUT2D eigenvalue weighted by Gasteiger charge is 2.08. The zero-order chi connectivity index (χ0) is 14.5. The largest absolute Gasteiger partial charge is 0.494 e. The summed E-state index contributed by atoms with van der Waals surface area (Å²) in [7, 11) is 0. The maximum absolute atomic E-state index is 12.2. The summed E-state index contributed by atoms with van der Waals surface area (Å²) >= 11 is 5.93.